The summed E-state index contributed by atoms with van der Waals surface area (Å²) in [7, 11) is 0. The minimum atomic E-state index is -0.837. The van der Waals surface area contributed by atoms with E-state index in [1.54, 1.807) is 0 Å². The summed E-state index contributed by atoms with van der Waals surface area (Å²) in [5, 5.41) is -0.0205. The van der Waals surface area contributed by atoms with Gasteiger partial charge in [-0.1, -0.05) is 32.4 Å². The molecule has 1 amide bonds. The highest BCUT2D eigenvalue weighted by molar-refractivity contribution is 6.30. The Labute approximate surface area is 159 Å². The summed E-state index contributed by atoms with van der Waals surface area (Å²) in [5.74, 6) is -0.343. The van der Waals surface area contributed by atoms with Gasteiger partial charge in [-0.25, -0.2) is 19.2 Å². The summed E-state index contributed by atoms with van der Waals surface area (Å²) < 4.78 is 19.7. The van der Waals surface area contributed by atoms with Gasteiger partial charge in [0.1, 0.15) is 17.4 Å². The van der Waals surface area contributed by atoms with Crippen molar-refractivity contribution in [1.82, 2.24) is 15.0 Å². The van der Waals surface area contributed by atoms with Gasteiger partial charge in [0.15, 0.2) is 11.0 Å². The predicted molar refractivity (Wildman–Crippen MR) is 97.0 cm³/mol. The number of nitrogens with zero attached hydrogens (tertiary/aromatic N) is 4. The molecule has 7 nitrogen and oxygen atoms in total. The van der Waals surface area contributed by atoms with Gasteiger partial charge in [0.2, 0.25) is 5.28 Å². The SMILES string of the molecule is CC(C)(C)[C@H]1C(OC(N)=O)CCN1c1nc(Cl)nc2c(F)c(Cl)ncc12. The van der Waals surface area contributed by atoms with Crippen LogP contribution in [-0.2, 0) is 4.74 Å². The second-order valence-electron chi connectivity index (χ2n) is 7.21. The van der Waals surface area contributed by atoms with Crippen LogP contribution in [-0.4, -0.2) is 39.7 Å². The largest absolute Gasteiger partial charge is 0.444 e. The minimum absolute atomic E-state index is 0.00747. The molecular formula is C16H18Cl2FN5O2. The van der Waals surface area contributed by atoms with Gasteiger partial charge in [-0.05, 0) is 17.0 Å². The normalized spacial score (nSPS) is 20.6. The second-order valence-corrected chi connectivity index (χ2v) is 7.91. The van der Waals surface area contributed by atoms with Crippen LogP contribution in [0.1, 0.15) is 27.2 Å². The third-order valence-electron chi connectivity index (χ3n) is 4.36. The number of rotatable bonds is 2. The maximum atomic E-state index is 14.4. The molecule has 3 rings (SSSR count). The first-order valence-electron chi connectivity index (χ1n) is 7.99. The van der Waals surface area contributed by atoms with Gasteiger partial charge in [-0.2, -0.15) is 4.98 Å². The van der Waals surface area contributed by atoms with E-state index in [0.29, 0.717) is 24.2 Å². The number of nitrogens with two attached hydrogens (primary N) is 1. The first kappa shape index (κ1) is 18.8. The second kappa shape index (κ2) is 6.66. The van der Waals surface area contributed by atoms with Crippen molar-refractivity contribution in [3.8, 4) is 0 Å². The van der Waals surface area contributed by atoms with Crippen LogP contribution in [0.25, 0.3) is 10.9 Å². The van der Waals surface area contributed by atoms with Crippen molar-refractivity contribution in [2.45, 2.75) is 39.3 Å². The van der Waals surface area contributed by atoms with E-state index in [0.717, 1.165) is 0 Å². The molecule has 0 aromatic carbocycles. The molecule has 1 aliphatic heterocycles. The lowest BCUT2D eigenvalue weighted by molar-refractivity contribution is 0.0754. The number of halogens is 3. The molecule has 2 atom stereocenters. The highest BCUT2D eigenvalue weighted by atomic mass is 35.5. The van der Waals surface area contributed by atoms with E-state index in [4.69, 9.17) is 33.7 Å². The lowest BCUT2D eigenvalue weighted by Crippen LogP contribution is -2.47. The third kappa shape index (κ3) is 3.35. The molecular weight excluding hydrogens is 384 g/mol. The summed E-state index contributed by atoms with van der Waals surface area (Å²) in [4.78, 5) is 25.3. The van der Waals surface area contributed by atoms with E-state index in [2.05, 4.69) is 15.0 Å². The number of ether oxygens (including phenoxy) is 1. The lowest BCUT2D eigenvalue weighted by Gasteiger charge is -2.38. The Morgan fingerprint density at radius 3 is 2.69 bits per heavy atom. The standard InChI is InChI=1S/C16H18Cl2FN5O2/c1-16(2,3)11-8(26-15(20)25)4-5-24(11)13-7-6-21-12(17)9(19)10(7)22-14(18)23-13/h6,8,11H,4-5H2,1-3H3,(H2,20,25)/t8?,11-/m1/s1. The molecule has 1 saturated heterocycles. The Hall–Kier alpha value is -1.93. The van der Waals surface area contributed by atoms with Crippen molar-refractivity contribution >= 4 is 46.0 Å². The molecule has 2 aromatic rings. The fourth-order valence-electron chi connectivity index (χ4n) is 3.51. The van der Waals surface area contributed by atoms with Crippen molar-refractivity contribution in [1.29, 1.82) is 0 Å². The minimum Gasteiger partial charge on any atom is -0.444 e. The molecule has 1 unspecified atom stereocenters. The lowest BCUT2D eigenvalue weighted by atomic mass is 9.83. The Balaban J connectivity index is 2.16. The van der Waals surface area contributed by atoms with Crippen LogP contribution in [0.3, 0.4) is 0 Å². The highest BCUT2D eigenvalue weighted by Crippen LogP contribution is 2.40. The molecule has 10 heteroatoms. The molecule has 1 fully saturated rings. The van der Waals surface area contributed by atoms with Gasteiger partial charge in [0.25, 0.3) is 0 Å². The molecule has 2 aromatic heterocycles. The number of primary amides is 1. The number of hydrogen-bond donors (Lipinski definition) is 1. The van der Waals surface area contributed by atoms with E-state index < -0.39 is 18.0 Å². The number of aromatic nitrogens is 3. The van der Waals surface area contributed by atoms with E-state index in [-0.39, 0.29) is 27.4 Å². The van der Waals surface area contributed by atoms with Crippen LogP contribution in [0.15, 0.2) is 6.20 Å². The number of anilines is 1. The predicted octanol–water partition coefficient (Wildman–Crippen LogP) is 3.56. The Kier molecular flexibility index (Phi) is 4.83. The molecule has 0 spiro atoms. The summed E-state index contributed by atoms with van der Waals surface area (Å²) in [5.41, 5.74) is 4.91. The molecule has 3 heterocycles. The Morgan fingerprint density at radius 2 is 2.08 bits per heavy atom. The fraction of sp³-hybridized carbons (Fsp3) is 0.500. The van der Waals surface area contributed by atoms with Gasteiger partial charge in [0, 0.05) is 19.2 Å². The summed E-state index contributed by atoms with van der Waals surface area (Å²) in [6.07, 6.45) is 0.698. The van der Waals surface area contributed by atoms with Crippen LogP contribution in [0.2, 0.25) is 10.4 Å². The van der Waals surface area contributed by atoms with Crippen LogP contribution >= 0.6 is 23.2 Å². The summed E-state index contributed by atoms with van der Waals surface area (Å²) >= 11 is 11.8. The van der Waals surface area contributed by atoms with Crippen molar-refractivity contribution in [3.05, 3.63) is 22.5 Å². The zero-order valence-corrected chi connectivity index (χ0v) is 16.0. The van der Waals surface area contributed by atoms with Crippen LogP contribution in [0.4, 0.5) is 15.0 Å². The molecule has 26 heavy (non-hydrogen) atoms. The van der Waals surface area contributed by atoms with Crippen molar-refractivity contribution in [2.24, 2.45) is 11.1 Å². The van der Waals surface area contributed by atoms with E-state index in [9.17, 15) is 9.18 Å². The van der Waals surface area contributed by atoms with Crippen molar-refractivity contribution in [2.75, 3.05) is 11.4 Å². The third-order valence-corrected chi connectivity index (χ3v) is 4.80. The van der Waals surface area contributed by atoms with Gasteiger partial charge in [0.05, 0.1) is 11.4 Å². The van der Waals surface area contributed by atoms with Crippen LogP contribution < -0.4 is 10.6 Å². The topological polar surface area (TPSA) is 94.2 Å². The Morgan fingerprint density at radius 1 is 1.38 bits per heavy atom. The number of amides is 1. The van der Waals surface area contributed by atoms with Crippen molar-refractivity contribution in [3.63, 3.8) is 0 Å². The molecule has 0 aliphatic carbocycles. The van der Waals surface area contributed by atoms with Crippen molar-refractivity contribution < 1.29 is 13.9 Å². The van der Waals surface area contributed by atoms with Gasteiger partial charge in [-0.15, -0.1) is 0 Å². The number of hydrogen-bond acceptors (Lipinski definition) is 6. The number of carbonyl (C=O) groups is 1. The zero-order valence-electron chi connectivity index (χ0n) is 14.5. The monoisotopic (exact) mass is 401 g/mol. The quantitative estimate of drug-likeness (QED) is 0.610. The average Bonchev–Trinajstić information content (AvgIpc) is 2.93. The zero-order chi connectivity index (χ0) is 19.2. The average molecular weight is 402 g/mol. The molecule has 2 N–H and O–H groups in total. The maximum absolute atomic E-state index is 14.4. The highest BCUT2D eigenvalue weighted by Gasteiger charge is 2.45. The van der Waals surface area contributed by atoms with E-state index in [1.807, 2.05) is 25.7 Å². The van der Waals surface area contributed by atoms with E-state index >= 15 is 0 Å². The fourth-order valence-corrected chi connectivity index (χ4v) is 3.81. The summed E-state index contributed by atoms with van der Waals surface area (Å²) in [6, 6.07) is -0.247. The number of fused-ring (bicyclic) bond motifs is 1. The van der Waals surface area contributed by atoms with Gasteiger partial charge < -0.3 is 15.4 Å². The van der Waals surface area contributed by atoms with Gasteiger partial charge in [-0.3, -0.25) is 0 Å². The van der Waals surface area contributed by atoms with E-state index in [1.165, 1.54) is 6.20 Å². The molecule has 0 radical (unpaired) electrons. The molecule has 140 valence electrons. The van der Waals surface area contributed by atoms with Crippen LogP contribution in [0.5, 0.6) is 0 Å². The maximum Gasteiger partial charge on any atom is 0.404 e. The smallest absolute Gasteiger partial charge is 0.404 e. The molecule has 1 aliphatic rings. The number of pyridine rings is 1. The number of carbonyl (C=O) groups excluding carboxylic acids is 1. The Bertz CT molecular complexity index is 874. The summed E-state index contributed by atoms with van der Waals surface area (Å²) in [6.45, 7) is 6.54. The molecule has 0 bridgehead atoms. The van der Waals surface area contributed by atoms with Gasteiger partial charge >= 0.3 is 6.09 Å². The van der Waals surface area contributed by atoms with Crippen LogP contribution in [0, 0.1) is 11.2 Å². The first-order chi connectivity index (χ1) is 12.1. The molecule has 0 saturated carbocycles. The first-order valence-corrected chi connectivity index (χ1v) is 8.75.